The van der Waals surface area contributed by atoms with Gasteiger partial charge in [0, 0.05) is 17.1 Å². The summed E-state index contributed by atoms with van der Waals surface area (Å²) in [6, 6.07) is 16.9. The molecule has 0 radical (unpaired) electrons. The fourth-order valence-corrected chi connectivity index (χ4v) is 3.02. The molecule has 1 fully saturated rings. The molecular weight excluding hydrogens is 461 g/mol. The monoisotopic (exact) mass is 486 g/mol. The Morgan fingerprint density at radius 1 is 1.13 bits per heavy atom. The van der Waals surface area contributed by atoms with E-state index in [0.717, 1.165) is 5.92 Å². The van der Waals surface area contributed by atoms with Gasteiger partial charge in [-0.05, 0) is 18.8 Å². The molecule has 0 N–H and O–H groups in total. The Labute approximate surface area is 168 Å². The Morgan fingerprint density at radius 2 is 1.65 bits per heavy atom. The smallest absolute Gasteiger partial charge is 0 e. The number of hydrogen-bond donors (Lipinski definition) is 0. The Bertz CT molecular complexity index is 430. The van der Waals surface area contributed by atoms with E-state index in [9.17, 15) is 0 Å². The molecule has 23 heavy (non-hydrogen) atoms. The second kappa shape index (κ2) is 16.0. The summed E-state index contributed by atoms with van der Waals surface area (Å²) in [4.78, 5) is 0. The molecular formula is C19H26Cl2FePd-6. The molecule has 2 aromatic rings. The predicted octanol–water partition coefficient (Wildman–Crippen LogP) is 7.19. The first-order valence-electron chi connectivity index (χ1n) is 8.07. The zero-order valence-corrected chi connectivity index (χ0v) is 17.7. The maximum absolute atomic E-state index is 4.81. The molecule has 0 bridgehead atoms. The number of unbranched alkanes of at least 4 members (excludes halogenated alkanes) is 1. The minimum Gasteiger partial charge on any atom is -0.748 e. The van der Waals surface area contributed by atoms with Gasteiger partial charge in [0.25, 0.3) is 0 Å². The molecule has 0 nitrogen and oxygen atoms in total. The molecule has 0 saturated heterocycles. The standard InChI is InChI=1S/C14H21.C5H5.2ClH.Fe.Pd/c1-2-3-7-12-10-6-11-14(12)13-8-4-5-9-13;1-2-4-5-3-1;;;;/h6,10-11,13H,2-5,7-9H2,1H3;1-5H;2*1H;;/q-1;-5;;;;+2/p-2. The van der Waals surface area contributed by atoms with Gasteiger partial charge in [0.2, 0.25) is 0 Å². The van der Waals surface area contributed by atoms with Gasteiger partial charge in [0.15, 0.2) is 0 Å². The molecule has 0 aliphatic heterocycles. The molecule has 1 aliphatic rings. The van der Waals surface area contributed by atoms with E-state index in [1.165, 1.54) is 44.9 Å². The largest absolute Gasteiger partial charge is 0.748 e. The maximum Gasteiger partial charge on any atom is 0 e. The predicted molar refractivity (Wildman–Crippen MR) is 95.6 cm³/mol. The van der Waals surface area contributed by atoms with Crippen molar-refractivity contribution in [2.75, 3.05) is 0 Å². The van der Waals surface area contributed by atoms with E-state index in [-0.39, 0.29) is 33.0 Å². The van der Waals surface area contributed by atoms with Gasteiger partial charge in [-0.25, -0.2) is 12.1 Å². The topological polar surface area (TPSA) is 0 Å². The molecule has 0 spiro atoms. The summed E-state index contributed by atoms with van der Waals surface area (Å²) in [5.41, 5.74) is 3.31. The van der Waals surface area contributed by atoms with Crippen molar-refractivity contribution in [3.8, 4) is 0 Å². The van der Waals surface area contributed by atoms with Crippen molar-refractivity contribution in [1.82, 2.24) is 0 Å². The summed E-state index contributed by atoms with van der Waals surface area (Å²) < 4.78 is 0. The van der Waals surface area contributed by atoms with Gasteiger partial charge in [-0.15, -0.1) is 0 Å². The van der Waals surface area contributed by atoms with Crippen molar-refractivity contribution in [2.45, 2.75) is 57.8 Å². The van der Waals surface area contributed by atoms with Crippen LogP contribution in [0, 0.1) is 0 Å². The quantitative estimate of drug-likeness (QED) is 0.316. The average Bonchev–Trinajstić information content (AvgIpc) is 3.29. The van der Waals surface area contributed by atoms with Crippen LogP contribution in [0.2, 0.25) is 0 Å². The zero-order valence-electron chi connectivity index (χ0n) is 13.6. The van der Waals surface area contributed by atoms with E-state index in [0.29, 0.717) is 0 Å². The fraction of sp³-hybridized carbons (Fsp3) is 0.474. The summed E-state index contributed by atoms with van der Waals surface area (Å²) in [5, 5.41) is 0. The van der Waals surface area contributed by atoms with E-state index in [1.807, 2.05) is 30.3 Å². The van der Waals surface area contributed by atoms with Gasteiger partial charge in [0.1, 0.15) is 0 Å². The third-order valence-electron chi connectivity index (χ3n) is 4.09. The Morgan fingerprint density at radius 3 is 2.13 bits per heavy atom. The Balaban J connectivity index is 0.000000450. The molecule has 0 unspecified atom stereocenters. The van der Waals surface area contributed by atoms with Crippen molar-refractivity contribution in [3.05, 3.63) is 59.7 Å². The van der Waals surface area contributed by atoms with Crippen LogP contribution in [0.4, 0.5) is 0 Å². The van der Waals surface area contributed by atoms with E-state index in [2.05, 4.69) is 25.1 Å². The normalized spacial score (nSPS) is 13.5. The van der Waals surface area contributed by atoms with Crippen LogP contribution < -0.4 is 0 Å². The van der Waals surface area contributed by atoms with Crippen LogP contribution in [0.15, 0.2) is 48.5 Å². The van der Waals surface area contributed by atoms with Crippen LogP contribution in [0.3, 0.4) is 0 Å². The molecule has 0 amide bonds. The van der Waals surface area contributed by atoms with Crippen LogP contribution in [0.25, 0.3) is 0 Å². The van der Waals surface area contributed by atoms with Gasteiger partial charge in [0.05, 0.1) is 0 Å². The Kier molecular flexibility index (Phi) is 16.3. The van der Waals surface area contributed by atoms with Crippen molar-refractivity contribution in [2.24, 2.45) is 0 Å². The number of hydrogen-bond acceptors (Lipinski definition) is 0. The molecule has 2 aromatic carbocycles. The third kappa shape index (κ3) is 10.1. The van der Waals surface area contributed by atoms with Crippen LogP contribution in [-0.4, -0.2) is 0 Å². The van der Waals surface area contributed by atoms with Gasteiger partial charge < -0.3 is 30.3 Å². The first kappa shape index (κ1) is 23.5. The van der Waals surface area contributed by atoms with Crippen molar-refractivity contribution < 1.29 is 33.0 Å². The first-order chi connectivity index (χ1) is 10.8. The molecule has 4 heteroatoms. The molecule has 1 aliphatic carbocycles. The van der Waals surface area contributed by atoms with Crippen molar-refractivity contribution in [1.29, 1.82) is 0 Å². The minimum atomic E-state index is -0.106. The summed E-state index contributed by atoms with van der Waals surface area (Å²) in [6.07, 6.45) is 9.73. The van der Waals surface area contributed by atoms with Gasteiger partial charge in [-0.1, -0.05) is 39.0 Å². The van der Waals surface area contributed by atoms with Crippen LogP contribution in [-0.2, 0) is 39.4 Å². The summed E-state index contributed by atoms with van der Waals surface area (Å²) in [7, 11) is 9.63. The minimum absolute atomic E-state index is 0. The molecule has 3 rings (SSSR count). The summed E-state index contributed by atoms with van der Waals surface area (Å²) >= 11 is -0.106. The summed E-state index contributed by atoms with van der Waals surface area (Å²) in [6.45, 7) is 2.28. The van der Waals surface area contributed by atoms with Crippen LogP contribution in [0.5, 0.6) is 0 Å². The number of aryl methyl sites for hydroxylation is 1. The van der Waals surface area contributed by atoms with Crippen LogP contribution in [0.1, 0.15) is 62.5 Å². The summed E-state index contributed by atoms with van der Waals surface area (Å²) in [5.74, 6) is 0.900. The average molecular weight is 488 g/mol. The maximum atomic E-state index is 4.81. The van der Waals surface area contributed by atoms with Gasteiger partial charge in [-0.3, -0.25) is 0 Å². The fourth-order valence-electron chi connectivity index (χ4n) is 3.02. The molecule has 1 saturated carbocycles. The van der Waals surface area contributed by atoms with Gasteiger partial charge >= 0.3 is 35.0 Å². The Hall–Kier alpha value is 0.462. The zero-order chi connectivity index (χ0) is 16.0. The molecule has 140 valence electrons. The second-order valence-electron chi connectivity index (χ2n) is 5.60. The van der Waals surface area contributed by atoms with E-state index in [4.69, 9.17) is 19.1 Å². The SMILES string of the molecule is CCCC[c-]1cccc1C1CCCC1.[Cl][Pd][Cl].[Fe].[cH-]1[cH-][cH-][cH-][cH-]1. The van der Waals surface area contributed by atoms with Crippen LogP contribution >= 0.6 is 19.1 Å². The molecule has 0 aromatic heterocycles. The number of rotatable bonds is 4. The van der Waals surface area contributed by atoms with E-state index in [1.54, 1.807) is 11.1 Å². The number of halogens is 2. The van der Waals surface area contributed by atoms with E-state index >= 15 is 0 Å². The second-order valence-corrected chi connectivity index (χ2v) is 7.96. The van der Waals surface area contributed by atoms with Gasteiger partial charge in [-0.2, -0.15) is 17.2 Å². The van der Waals surface area contributed by atoms with Crippen molar-refractivity contribution in [3.63, 3.8) is 0 Å². The first-order valence-corrected chi connectivity index (χ1v) is 12.1. The third-order valence-corrected chi connectivity index (χ3v) is 4.09. The molecule has 0 atom stereocenters. The van der Waals surface area contributed by atoms with Crippen molar-refractivity contribution >= 4 is 19.1 Å². The van der Waals surface area contributed by atoms with E-state index < -0.39 is 0 Å². The molecule has 0 heterocycles.